The van der Waals surface area contributed by atoms with E-state index in [1.807, 2.05) is 6.07 Å². The average Bonchev–Trinajstić information content (AvgIpc) is 2.38. The lowest BCUT2D eigenvalue weighted by atomic mass is 10.2. The lowest BCUT2D eigenvalue weighted by Gasteiger charge is -2.07. The molecule has 0 saturated carbocycles. The van der Waals surface area contributed by atoms with Crippen molar-refractivity contribution in [3.05, 3.63) is 67.1 Å². The van der Waals surface area contributed by atoms with Gasteiger partial charge in [0.1, 0.15) is 4.47 Å². The molecule has 20 heavy (non-hydrogen) atoms. The van der Waals surface area contributed by atoms with Crippen LogP contribution < -0.4 is 5.32 Å². The third-order valence-electron chi connectivity index (χ3n) is 2.50. The molecule has 0 spiro atoms. The van der Waals surface area contributed by atoms with E-state index in [4.69, 9.17) is 0 Å². The summed E-state index contributed by atoms with van der Waals surface area (Å²) in [6.07, 6.45) is 0. The minimum Gasteiger partial charge on any atom is -0.322 e. The van der Waals surface area contributed by atoms with Crippen molar-refractivity contribution in [1.29, 1.82) is 0 Å². The normalized spacial score (nSPS) is 10.1. The zero-order valence-corrected chi connectivity index (χ0v) is 13.1. The van der Waals surface area contributed by atoms with Crippen molar-refractivity contribution in [2.45, 2.75) is 0 Å². The number of anilines is 1. The van der Waals surface area contributed by atoms with Crippen molar-refractivity contribution >= 4 is 49.1 Å². The first-order valence-corrected chi connectivity index (χ1v) is 7.07. The van der Waals surface area contributed by atoms with Crippen LogP contribution in [-0.2, 0) is 0 Å². The third-order valence-corrected chi connectivity index (χ3v) is 3.83. The standard InChI is InChI=1S/C13H8Br2N2O3/c14-8-3-1-4-9(7-8)16-13(18)10-5-2-6-11(12(10)15)17(19)20/h1-7H,(H,16,18). The van der Waals surface area contributed by atoms with E-state index < -0.39 is 10.8 Å². The van der Waals surface area contributed by atoms with Gasteiger partial charge in [0.2, 0.25) is 0 Å². The lowest BCUT2D eigenvalue weighted by Crippen LogP contribution is -2.13. The Morgan fingerprint density at radius 1 is 1.15 bits per heavy atom. The number of hydrogen-bond donors (Lipinski definition) is 1. The van der Waals surface area contributed by atoms with Gasteiger partial charge in [-0.25, -0.2) is 0 Å². The topological polar surface area (TPSA) is 72.2 Å². The number of carbonyl (C=O) groups excluding carboxylic acids is 1. The van der Waals surface area contributed by atoms with Gasteiger partial charge in [0.25, 0.3) is 11.6 Å². The summed E-state index contributed by atoms with van der Waals surface area (Å²) in [5, 5.41) is 13.5. The van der Waals surface area contributed by atoms with Crippen LogP contribution in [0.15, 0.2) is 51.4 Å². The third kappa shape index (κ3) is 3.23. The average molecular weight is 400 g/mol. The predicted molar refractivity (Wildman–Crippen MR) is 82.9 cm³/mol. The fourth-order valence-electron chi connectivity index (χ4n) is 1.60. The minimum atomic E-state index is -0.542. The Kier molecular flexibility index (Phi) is 4.51. The van der Waals surface area contributed by atoms with E-state index in [0.29, 0.717) is 5.69 Å². The molecule has 0 heterocycles. The molecule has 0 saturated heterocycles. The smallest absolute Gasteiger partial charge is 0.284 e. The number of amides is 1. The largest absolute Gasteiger partial charge is 0.322 e. The monoisotopic (exact) mass is 398 g/mol. The number of nitrogens with zero attached hydrogens (tertiary/aromatic N) is 1. The van der Waals surface area contributed by atoms with E-state index in [2.05, 4.69) is 37.2 Å². The highest BCUT2D eigenvalue weighted by Gasteiger charge is 2.19. The molecular formula is C13H8Br2N2O3. The summed E-state index contributed by atoms with van der Waals surface area (Å²) in [7, 11) is 0. The zero-order chi connectivity index (χ0) is 14.7. The fraction of sp³-hybridized carbons (Fsp3) is 0. The molecule has 1 N–H and O–H groups in total. The van der Waals surface area contributed by atoms with Crippen molar-refractivity contribution < 1.29 is 9.72 Å². The maximum absolute atomic E-state index is 12.1. The summed E-state index contributed by atoms with van der Waals surface area (Å²) in [5.41, 5.74) is 0.661. The van der Waals surface area contributed by atoms with Crippen molar-refractivity contribution in [2.24, 2.45) is 0 Å². The van der Waals surface area contributed by atoms with E-state index in [0.717, 1.165) is 4.47 Å². The number of hydrogen-bond acceptors (Lipinski definition) is 3. The van der Waals surface area contributed by atoms with Gasteiger partial charge in [0.15, 0.2) is 0 Å². The first kappa shape index (κ1) is 14.7. The Labute approximate surface area is 131 Å². The molecule has 102 valence electrons. The predicted octanol–water partition coefficient (Wildman–Crippen LogP) is 4.37. The Hall–Kier alpha value is -1.73. The zero-order valence-electron chi connectivity index (χ0n) is 9.97. The van der Waals surface area contributed by atoms with Crippen LogP contribution in [0, 0.1) is 10.1 Å². The number of nitro benzene ring substituents is 1. The quantitative estimate of drug-likeness (QED) is 0.615. The summed E-state index contributed by atoms with van der Waals surface area (Å²) in [4.78, 5) is 22.4. The second-order valence-electron chi connectivity index (χ2n) is 3.86. The number of rotatable bonds is 3. The van der Waals surface area contributed by atoms with Gasteiger partial charge in [-0.15, -0.1) is 0 Å². The molecule has 0 fully saturated rings. The van der Waals surface area contributed by atoms with Crippen LogP contribution in [0.4, 0.5) is 11.4 Å². The van der Waals surface area contributed by atoms with Gasteiger partial charge in [-0.05, 0) is 40.2 Å². The molecule has 0 aliphatic carbocycles. The number of nitrogens with one attached hydrogen (secondary N) is 1. The maximum atomic E-state index is 12.1. The van der Waals surface area contributed by atoms with E-state index in [9.17, 15) is 14.9 Å². The molecule has 2 rings (SSSR count). The number of halogens is 2. The van der Waals surface area contributed by atoms with Gasteiger partial charge in [-0.3, -0.25) is 14.9 Å². The van der Waals surface area contributed by atoms with Crippen LogP contribution in [0.3, 0.4) is 0 Å². The Morgan fingerprint density at radius 2 is 1.85 bits per heavy atom. The van der Waals surface area contributed by atoms with E-state index in [1.54, 1.807) is 18.2 Å². The van der Waals surface area contributed by atoms with Gasteiger partial charge >= 0.3 is 0 Å². The van der Waals surface area contributed by atoms with Crippen LogP contribution in [0.25, 0.3) is 0 Å². The van der Waals surface area contributed by atoms with E-state index in [1.165, 1.54) is 18.2 Å². The maximum Gasteiger partial charge on any atom is 0.284 e. The second kappa shape index (κ2) is 6.15. The SMILES string of the molecule is O=C(Nc1cccc(Br)c1)c1cccc([N+](=O)[O-])c1Br. The molecular weight excluding hydrogens is 392 g/mol. The molecule has 0 bridgehead atoms. The molecule has 1 amide bonds. The Balaban J connectivity index is 2.30. The fourth-order valence-corrected chi connectivity index (χ4v) is 2.59. The highest BCUT2D eigenvalue weighted by molar-refractivity contribution is 9.11. The summed E-state index contributed by atoms with van der Waals surface area (Å²) >= 11 is 6.40. The molecule has 0 atom stereocenters. The van der Waals surface area contributed by atoms with Crippen LogP contribution in [-0.4, -0.2) is 10.8 Å². The van der Waals surface area contributed by atoms with Crippen LogP contribution in [0.1, 0.15) is 10.4 Å². The first-order valence-electron chi connectivity index (χ1n) is 5.49. The van der Waals surface area contributed by atoms with Crippen LogP contribution >= 0.6 is 31.9 Å². The molecule has 2 aromatic rings. The van der Waals surface area contributed by atoms with E-state index in [-0.39, 0.29) is 15.7 Å². The molecule has 7 heteroatoms. The summed E-state index contributed by atoms with van der Waals surface area (Å²) in [6.45, 7) is 0. The van der Waals surface area contributed by atoms with Crippen molar-refractivity contribution in [3.8, 4) is 0 Å². The summed E-state index contributed by atoms with van der Waals surface area (Å²) < 4.78 is 0.992. The molecule has 5 nitrogen and oxygen atoms in total. The highest BCUT2D eigenvalue weighted by atomic mass is 79.9. The number of carbonyl (C=O) groups is 1. The van der Waals surface area contributed by atoms with Crippen molar-refractivity contribution in [1.82, 2.24) is 0 Å². The number of nitro groups is 1. The first-order chi connectivity index (χ1) is 9.49. The van der Waals surface area contributed by atoms with E-state index >= 15 is 0 Å². The molecule has 0 aliphatic heterocycles. The summed E-state index contributed by atoms with van der Waals surface area (Å²) in [6, 6.07) is 11.4. The number of benzene rings is 2. The van der Waals surface area contributed by atoms with Gasteiger partial charge in [-0.2, -0.15) is 0 Å². The van der Waals surface area contributed by atoms with Gasteiger partial charge < -0.3 is 5.32 Å². The molecule has 2 aromatic carbocycles. The second-order valence-corrected chi connectivity index (χ2v) is 5.57. The van der Waals surface area contributed by atoms with Crippen molar-refractivity contribution in [2.75, 3.05) is 5.32 Å². The van der Waals surface area contributed by atoms with Crippen molar-refractivity contribution in [3.63, 3.8) is 0 Å². The Morgan fingerprint density at radius 3 is 2.50 bits per heavy atom. The molecule has 0 radical (unpaired) electrons. The van der Waals surface area contributed by atoms with Gasteiger partial charge in [0, 0.05) is 16.2 Å². The highest BCUT2D eigenvalue weighted by Crippen LogP contribution is 2.29. The lowest BCUT2D eigenvalue weighted by molar-refractivity contribution is -0.385. The Bertz CT molecular complexity index is 689. The minimum absolute atomic E-state index is 0.146. The van der Waals surface area contributed by atoms with Crippen LogP contribution in [0.5, 0.6) is 0 Å². The van der Waals surface area contributed by atoms with Gasteiger partial charge in [0.05, 0.1) is 10.5 Å². The van der Waals surface area contributed by atoms with Crippen LogP contribution in [0.2, 0.25) is 0 Å². The van der Waals surface area contributed by atoms with Gasteiger partial charge in [-0.1, -0.05) is 28.1 Å². The summed E-state index contributed by atoms with van der Waals surface area (Å²) in [5.74, 6) is -0.418. The molecule has 0 unspecified atom stereocenters. The molecule has 0 aliphatic rings. The molecule has 0 aromatic heterocycles.